The van der Waals surface area contributed by atoms with Gasteiger partial charge in [0.05, 0.1) is 0 Å². The summed E-state index contributed by atoms with van der Waals surface area (Å²) in [5, 5.41) is 2.92. The molecule has 0 atom stereocenters. The Balaban J connectivity index is 4.46. The van der Waals surface area contributed by atoms with Crippen LogP contribution < -0.4 is 5.32 Å². The van der Waals surface area contributed by atoms with E-state index in [-0.39, 0.29) is 11.7 Å². The van der Waals surface area contributed by atoms with Crippen molar-refractivity contribution in [3.05, 3.63) is 24.3 Å². The van der Waals surface area contributed by atoms with E-state index in [2.05, 4.69) is 70.9 Å². The molecular formula is C27H57NO4Si4. The number of hydrogen-bond acceptors (Lipinski definition) is 4. The molecule has 0 aliphatic carbocycles. The lowest BCUT2D eigenvalue weighted by Gasteiger charge is -2.38. The van der Waals surface area contributed by atoms with Crippen LogP contribution in [-0.4, -0.2) is 51.5 Å². The Bertz CT molecular complexity index is 686. The van der Waals surface area contributed by atoms with Crippen LogP contribution in [0, 0.1) is 0 Å². The highest BCUT2D eigenvalue weighted by Crippen LogP contribution is 2.30. The molecule has 1 N–H and O–H groups in total. The predicted molar refractivity (Wildman–Crippen MR) is 167 cm³/mol. The van der Waals surface area contributed by atoms with Crippen molar-refractivity contribution >= 4 is 45.0 Å². The molecule has 0 aromatic carbocycles. The van der Waals surface area contributed by atoms with Crippen molar-refractivity contribution in [3.63, 3.8) is 0 Å². The summed E-state index contributed by atoms with van der Waals surface area (Å²) in [4.78, 5) is 23.3. The zero-order chi connectivity index (χ0) is 28.2. The van der Waals surface area contributed by atoms with E-state index >= 15 is 0 Å². The van der Waals surface area contributed by atoms with Gasteiger partial charge < -0.3 is 13.5 Å². The van der Waals surface area contributed by atoms with Gasteiger partial charge in [0.25, 0.3) is 0 Å². The van der Waals surface area contributed by atoms with Crippen molar-refractivity contribution in [1.82, 2.24) is 5.32 Å². The standard InChI is InChI=1S/C27H57NO4Si4/c1-24(2)26(29)18-14-13-16-20-33(5,6)31-35(9,10)22-23-36(11,12)32-34(7,8)21-17-15-19-28-27(30)25(3)4/h1,3,13-23H2,2,4-12H3,(H,28,30). The predicted octanol–water partition coefficient (Wildman–Crippen LogP) is 8.02. The van der Waals surface area contributed by atoms with E-state index < -0.39 is 33.3 Å². The Kier molecular flexibility index (Phi) is 15.5. The lowest BCUT2D eigenvalue weighted by Crippen LogP contribution is -2.48. The number of ketones is 1. The Labute approximate surface area is 227 Å². The zero-order valence-corrected chi connectivity index (χ0v) is 29.3. The smallest absolute Gasteiger partial charge is 0.246 e. The molecule has 0 radical (unpaired) electrons. The number of allylic oxidation sites excluding steroid dienone is 1. The third-order valence-electron chi connectivity index (χ3n) is 6.47. The Hall–Kier alpha value is -0.592. The van der Waals surface area contributed by atoms with Gasteiger partial charge in [-0.1, -0.05) is 32.4 Å². The maximum absolute atomic E-state index is 11.7. The third kappa shape index (κ3) is 17.8. The molecule has 0 saturated heterocycles. The number of unbranched alkanes of at least 4 members (excludes halogenated alkanes) is 3. The Morgan fingerprint density at radius 1 is 0.611 bits per heavy atom. The highest BCUT2D eigenvalue weighted by molar-refractivity contribution is 6.88. The number of carbonyl (C=O) groups excluding carboxylic acids is 2. The van der Waals surface area contributed by atoms with E-state index in [1.54, 1.807) is 13.8 Å². The quantitative estimate of drug-likeness (QED) is 0.0913. The van der Waals surface area contributed by atoms with Crippen LogP contribution in [0.1, 0.15) is 52.4 Å². The summed E-state index contributed by atoms with van der Waals surface area (Å²) in [6.07, 6.45) is 5.89. The fourth-order valence-corrected chi connectivity index (χ4v) is 25.2. The van der Waals surface area contributed by atoms with Gasteiger partial charge in [0.1, 0.15) is 0 Å². The molecule has 0 bridgehead atoms. The number of hydrogen-bond donors (Lipinski definition) is 1. The fourth-order valence-electron chi connectivity index (χ4n) is 4.56. The van der Waals surface area contributed by atoms with E-state index in [0.717, 1.165) is 56.3 Å². The van der Waals surface area contributed by atoms with Crippen molar-refractivity contribution in [3.8, 4) is 0 Å². The molecule has 210 valence electrons. The Morgan fingerprint density at radius 2 is 1.03 bits per heavy atom. The monoisotopic (exact) mass is 571 g/mol. The van der Waals surface area contributed by atoms with Crippen LogP contribution in [0.4, 0.5) is 0 Å². The first kappa shape index (κ1) is 35.4. The molecule has 1 amide bonds. The maximum atomic E-state index is 11.7. The van der Waals surface area contributed by atoms with E-state index in [0.29, 0.717) is 24.1 Å². The zero-order valence-electron chi connectivity index (χ0n) is 25.3. The van der Waals surface area contributed by atoms with E-state index in [9.17, 15) is 9.59 Å². The first-order valence-corrected chi connectivity index (χ1v) is 26.3. The summed E-state index contributed by atoms with van der Waals surface area (Å²) < 4.78 is 13.7. The second-order valence-corrected chi connectivity index (χ2v) is 30.7. The average molecular weight is 572 g/mol. The highest BCUT2D eigenvalue weighted by Gasteiger charge is 2.37. The van der Waals surface area contributed by atoms with E-state index in [1.165, 1.54) is 0 Å². The molecule has 0 aliphatic heterocycles. The van der Waals surface area contributed by atoms with Crippen molar-refractivity contribution < 1.29 is 17.8 Å². The van der Waals surface area contributed by atoms with Crippen LogP contribution in [0.25, 0.3) is 0 Å². The SMILES string of the molecule is C=C(C)C(=O)CCCCC[Si](C)(C)O[Si](C)(C)CC[Si](C)(C)O[Si](C)(C)CCCCNC(=O)C(=C)C. The first-order valence-electron chi connectivity index (χ1n) is 13.8. The van der Waals surface area contributed by atoms with Crippen molar-refractivity contribution in [2.24, 2.45) is 0 Å². The van der Waals surface area contributed by atoms with E-state index in [1.807, 2.05) is 0 Å². The minimum absolute atomic E-state index is 0.0494. The number of nitrogens with one attached hydrogen (secondary N) is 1. The van der Waals surface area contributed by atoms with Crippen LogP contribution in [-0.2, 0) is 17.8 Å². The van der Waals surface area contributed by atoms with Crippen LogP contribution in [0.5, 0.6) is 0 Å². The fraction of sp³-hybridized carbons (Fsp3) is 0.778. The molecule has 5 nitrogen and oxygen atoms in total. The minimum Gasteiger partial charge on any atom is -0.456 e. The molecule has 0 fully saturated rings. The second-order valence-electron chi connectivity index (χ2n) is 13.0. The van der Waals surface area contributed by atoms with Crippen LogP contribution in [0.2, 0.25) is 76.6 Å². The first-order chi connectivity index (χ1) is 16.3. The lowest BCUT2D eigenvalue weighted by atomic mass is 10.1. The normalized spacial score (nSPS) is 12.9. The van der Waals surface area contributed by atoms with Crippen molar-refractivity contribution in [1.29, 1.82) is 0 Å². The van der Waals surface area contributed by atoms with Gasteiger partial charge in [-0.2, -0.15) is 0 Å². The molecular weight excluding hydrogens is 515 g/mol. The van der Waals surface area contributed by atoms with Gasteiger partial charge in [-0.25, -0.2) is 0 Å². The summed E-state index contributed by atoms with van der Waals surface area (Å²) in [7, 11) is -6.98. The number of amides is 1. The average Bonchev–Trinajstić information content (AvgIpc) is 2.69. The number of rotatable bonds is 20. The van der Waals surface area contributed by atoms with E-state index in [4.69, 9.17) is 8.23 Å². The highest BCUT2D eigenvalue weighted by atomic mass is 28.4. The third-order valence-corrected chi connectivity index (χ3v) is 21.8. The van der Waals surface area contributed by atoms with Gasteiger partial charge >= 0.3 is 0 Å². The van der Waals surface area contributed by atoms with Gasteiger partial charge in [0.15, 0.2) is 39.1 Å². The molecule has 9 heteroatoms. The van der Waals surface area contributed by atoms with Gasteiger partial charge in [-0.15, -0.1) is 0 Å². The molecule has 0 aromatic heterocycles. The van der Waals surface area contributed by atoms with Crippen LogP contribution in [0.3, 0.4) is 0 Å². The Morgan fingerprint density at radius 3 is 1.44 bits per heavy atom. The topological polar surface area (TPSA) is 64.6 Å². The summed E-state index contributed by atoms with van der Waals surface area (Å²) >= 11 is 0. The molecule has 0 saturated carbocycles. The second kappa shape index (κ2) is 15.7. The summed E-state index contributed by atoms with van der Waals surface area (Å²) in [5.74, 6) is 0.148. The number of Topliss-reactive ketones (excluding diaryl/α,β-unsaturated/α-hetero) is 1. The summed E-state index contributed by atoms with van der Waals surface area (Å²) in [6.45, 7) is 30.5. The molecule has 0 spiro atoms. The molecule has 0 aromatic rings. The number of carbonyl (C=O) groups is 2. The van der Waals surface area contributed by atoms with Crippen molar-refractivity contribution in [2.75, 3.05) is 6.54 Å². The van der Waals surface area contributed by atoms with Crippen LogP contribution >= 0.6 is 0 Å². The van der Waals surface area contributed by atoms with Gasteiger partial charge in [-0.3, -0.25) is 9.59 Å². The minimum atomic E-state index is -1.77. The van der Waals surface area contributed by atoms with Gasteiger partial charge in [0, 0.05) is 18.5 Å². The van der Waals surface area contributed by atoms with Gasteiger partial charge in [-0.05, 0) is 109 Å². The summed E-state index contributed by atoms with van der Waals surface area (Å²) in [6, 6.07) is 4.61. The van der Waals surface area contributed by atoms with Gasteiger partial charge in [0.2, 0.25) is 5.91 Å². The largest absolute Gasteiger partial charge is 0.456 e. The molecule has 0 aliphatic rings. The summed E-state index contributed by atoms with van der Waals surface area (Å²) in [5.41, 5.74) is 1.24. The van der Waals surface area contributed by atoms with Crippen molar-refractivity contribution in [2.45, 2.75) is 129 Å². The molecule has 36 heavy (non-hydrogen) atoms. The molecule has 0 unspecified atom stereocenters. The van der Waals surface area contributed by atoms with Crippen LogP contribution in [0.15, 0.2) is 24.3 Å². The lowest BCUT2D eigenvalue weighted by molar-refractivity contribution is -0.117. The molecule has 0 heterocycles. The molecule has 0 rings (SSSR count). The maximum Gasteiger partial charge on any atom is 0.246 e.